The topological polar surface area (TPSA) is 69.6 Å². The molecule has 20 heavy (non-hydrogen) atoms. The highest BCUT2D eigenvalue weighted by molar-refractivity contribution is 5.75. The van der Waals surface area contributed by atoms with E-state index < -0.39 is 23.6 Å². The van der Waals surface area contributed by atoms with Crippen LogP contribution in [0.5, 0.6) is 5.75 Å². The molecular formula is C15H14FNO3. The van der Waals surface area contributed by atoms with Crippen molar-refractivity contribution in [1.82, 2.24) is 5.32 Å². The molecule has 0 saturated carbocycles. The number of para-hydroxylation sites is 1. The Morgan fingerprint density at radius 2 is 1.85 bits per heavy atom. The summed E-state index contributed by atoms with van der Waals surface area (Å²) in [6.45, 7) is 0.0510. The van der Waals surface area contributed by atoms with Gasteiger partial charge < -0.3 is 10.2 Å². The molecule has 1 atom stereocenters. The zero-order chi connectivity index (χ0) is 14.5. The SMILES string of the molecule is O=C(O)C(NCc1cccc(F)c1O)c1ccccc1. The van der Waals surface area contributed by atoms with Gasteiger partial charge in [-0.2, -0.15) is 0 Å². The van der Waals surface area contributed by atoms with Gasteiger partial charge in [-0.25, -0.2) is 4.39 Å². The fraction of sp³-hybridized carbons (Fsp3) is 0.133. The third-order valence-corrected chi connectivity index (χ3v) is 2.95. The molecule has 0 spiro atoms. The average Bonchev–Trinajstić information content (AvgIpc) is 2.44. The van der Waals surface area contributed by atoms with Crippen LogP contribution in [0.3, 0.4) is 0 Å². The predicted octanol–water partition coefficient (Wildman–Crippen LogP) is 2.45. The molecule has 2 aromatic carbocycles. The monoisotopic (exact) mass is 275 g/mol. The molecule has 0 fully saturated rings. The van der Waals surface area contributed by atoms with E-state index in [1.54, 1.807) is 30.3 Å². The van der Waals surface area contributed by atoms with Gasteiger partial charge >= 0.3 is 5.97 Å². The van der Waals surface area contributed by atoms with Gasteiger partial charge in [-0.1, -0.05) is 42.5 Å². The second-order valence-electron chi connectivity index (χ2n) is 4.31. The van der Waals surface area contributed by atoms with Crippen molar-refractivity contribution in [2.75, 3.05) is 0 Å². The number of carboxylic acids is 1. The maximum absolute atomic E-state index is 13.2. The van der Waals surface area contributed by atoms with Crippen LogP contribution in [0.2, 0.25) is 0 Å². The number of aromatic hydroxyl groups is 1. The average molecular weight is 275 g/mol. The van der Waals surface area contributed by atoms with E-state index >= 15 is 0 Å². The fourth-order valence-electron chi connectivity index (χ4n) is 1.91. The van der Waals surface area contributed by atoms with Gasteiger partial charge in [-0.3, -0.25) is 10.1 Å². The number of hydrogen-bond donors (Lipinski definition) is 3. The molecule has 3 N–H and O–H groups in total. The largest absolute Gasteiger partial charge is 0.505 e. The zero-order valence-electron chi connectivity index (χ0n) is 10.6. The Labute approximate surface area is 115 Å². The van der Waals surface area contributed by atoms with Gasteiger partial charge in [-0.05, 0) is 11.6 Å². The van der Waals surface area contributed by atoms with Gasteiger partial charge in [0.2, 0.25) is 0 Å². The first-order valence-electron chi connectivity index (χ1n) is 6.07. The molecule has 0 bridgehead atoms. The van der Waals surface area contributed by atoms with Gasteiger partial charge in [0.05, 0.1) is 0 Å². The number of benzene rings is 2. The van der Waals surface area contributed by atoms with Crippen molar-refractivity contribution in [3.63, 3.8) is 0 Å². The number of hydrogen-bond acceptors (Lipinski definition) is 3. The van der Waals surface area contributed by atoms with E-state index in [0.717, 1.165) is 6.07 Å². The van der Waals surface area contributed by atoms with Crippen molar-refractivity contribution in [2.24, 2.45) is 0 Å². The lowest BCUT2D eigenvalue weighted by Gasteiger charge is -2.15. The van der Waals surface area contributed by atoms with E-state index in [2.05, 4.69) is 5.32 Å². The van der Waals surface area contributed by atoms with E-state index in [1.165, 1.54) is 12.1 Å². The molecule has 5 heteroatoms. The summed E-state index contributed by atoms with van der Waals surface area (Å²) in [5, 5.41) is 21.6. The molecule has 104 valence electrons. The van der Waals surface area contributed by atoms with Crippen LogP contribution in [0, 0.1) is 5.82 Å². The molecule has 0 heterocycles. The van der Waals surface area contributed by atoms with Crippen LogP contribution >= 0.6 is 0 Å². The first-order valence-corrected chi connectivity index (χ1v) is 6.07. The molecule has 0 aliphatic rings. The zero-order valence-corrected chi connectivity index (χ0v) is 10.6. The summed E-state index contributed by atoms with van der Waals surface area (Å²) in [6.07, 6.45) is 0. The number of phenols is 1. The number of nitrogens with one attached hydrogen (secondary N) is 1. The lowest BCUT2D eigenvalue weighted by Crippen LogP contribution is -2.28. The normalized spacial score (nSPS) is 12.1. The van der Waals surface area contributed by atoms with Gasteiger partial charge in [0.1, 0.15) is 6.04 Å². The summed E-state index contributed by atoms with van der Waals surface area (Å²) in [5.74, 6) is -2.22. The number of carbonyl (C=O) groups is 1. The minimum atomic E-state index is -1.04. The third kappa shape index (κ3) is 3.13. The van der Waals surface area contributed by atoms with Crippen LogP contribution in [0.1, 0.15) is 17.2 Å². The van der Waals surface area contributed by atoms with Crippen molar-refractivity contribution in [1.29, 1.82) is 0 Å². The minimum Gasteiger partial charge on any atom is -0.505 e. The Bertz CT molecular complexity index is 601. The van der Waals surface area contributed by atoms with E-state index in [1.807, 2.05) is 0 Å². The second-order valence-corrected chi connectivity index (χ2v) is 4.31. The van der Waals surface area contributed by atoms with Crippen molar-refractivity contribution >= 4 is 5.97 Å². The van der Waals surface area contributed by atoms with Crippen LogP contribution in [-0.4, -0.2) is 16.2 Å². The Kier molecular flexibility index (Phi) is 4.32. The van der Waals surface area contributed by atoms with Crippen molar-refractivity contribution in [2.45, 2.75) is 12.6 Å². The number of rotatable bonds is 5. The van der Waals surface area contributed by atoms with Gasteiger partial charge in [0, 0.05) is 12.1 Å². The van der Waals surface area contributed by atoms with Crippen molar-refractivity contribution < 1.29 is 19.4 Å². The third-order valence-electron chi connectivity index (χ3n) is 2.95. The second kappa shape index (κ2) is 6.16. The maximum atomic E-state index is 13.2. The number of carboxylic acid groups (broad SMARTS) is 1. The Morgan fingerprint density at radius 1 is 1.15 bits per heavy atom. The molecule has 1 unspecified atom stereocenters. The van der Waals surface area contributed by atoms with Crippen molar-refractivity contribution in [3.8, 4) is 5.75 Å². The smallest absolute Gasteiger partial charge is 0.325 e. The first-order chi connectivity index (χ1) is 9.59. The van der Waals surface area contributed by atoms with Crippen LogP contribution in [0.15, 0.2) is 48.5 Å². The molecule has 2 aromatic rings. The summed E-state index contributed by atoms with van der Waals surface area (Å²) in [7, 11) is 0. The molecule has 0 aliphatic carbocycles. The lowest BCUT2D eigenvalue weighted by molar-refractivity contribution is -0.139. The first kappa shape index (κ1) is 14.0. The van der Waals surface area contributed by atoms with Crippen LogP contribution < -0.4 is 5.32 Å². The Hall–Kier alpha value is -2.40. The molecule has 0 aliphatic heterocycles. The number of phenolic OH excluding ortho intramolecular Hbond substituents is 1. The molecule has 4 nitrogen and oxygen atoms in total. The highest BCUT2D eigenvalue weighted by Crippen LogP contribution is 2.22. The van der Waals surface area contributed by atoms with E-state index in [4.69, 9.17) is 0 Å². The standard InChI is InChI=1S/C15H14FNO3/c16-12-8-4-7-11(14(12)18)9-17-13(15(19)20)10-5-2-1-3-6-10/h1-8,13,17-18H,9H2,(H,19,20). The summed E-state index contributed by atoms with van der Waals surface area (Å²) in [5.41, 5.74) is 0.906. The number of aliphatic carboxylic acids is 1. The Balaban J connectivity index is 2.14. The molecule has 0 amide bonds. The molecular weight excluding hydrogens is 261 g/mol. The molecule has 0 aromatic heterocycles. The van der Waals surface area contributed by atoms with Crippen LogP contribution in [0.4, 0.5) is 4.39 Å². The highest BCUT2D eigenvalue weighted by Gasteiger charge is 2.19. The predicted molar refractivity (Wildman–Crippen MR) is 71.7 cm³/mol. The minimum absolute atomic E-state index is 0.0510. The summed E-state index contributed by atoms with van der Waals surface area (Å²) < 4.78 is 13.2. The summed E-state index contributed by atoms with van der Waals surface area (Å²) >= 11 is 0. The van der Waals surface area contributed by atoms with Gasteiger partial charge in [0.15, 0.2) is 11.6 Å². The summed E-state index contributed by atoms with van der Waals surface area (Å²) in [6, 6.07) is 11.9. The van der Waals surface area contributed by atoms with Crippen molar-refractivity contribution in [3.05, 3.63) is 65.5 Å². The molecule has 0 radical (unpaired) electrons. The Morgan fingerprint density at radius 3 is 2.50 bits per heavy atom. The quantitative estimate of drug-likeness (QED) is 0.784. The maximum Gasteiger partial charge on any atom is 0.325 e. The van der Waals surface area contributed by atoms with E-state index in [-0.39, 0.29) is 6.54 Å². The van der Waals surface area contributed by atoms with Gasteiger partial charge in [-0.15, -0.1) is 0 Å². The number of halogens is 1. The highest BCUT2D eigenvalue weighted by atomic mass is 19.1. The van der Waals surface area contributed by atoms with Gasteiger partial charge in [0.25, 0.3) is 0 Å². The van der Waals surface area contributed by atoms with E-state index in [9.17, 15) is 19.4 Å². The van der Waals surface area contributed by atoms with Crippen LogP contribution in [-0.2, 0) is 11.3 Å². The summed E-state index contributed by atoms with van der Waals surface area (Å²) in [4.78, 5) is 11.3. The molecule has 2 rings (SSSR count). The molecule has 0 saturated heterocycles. The van der Waals surface area contributed by atoms with Crippen LogP contribution in [0.25, 0.3) is 0 Å². The fourth-order valence-corrected chi connectivity index (χ4v) is 1.91. The van der Waals surface area contributed by atoms with E-state index in [0.29, 0.717) is 11.1 Å². The lowest BCUT2D eigenvalue weighted by atomic mass is 10.1.